The number of nitrogens with zero attached hydrogens (tertiary/aromatic N) is 2. The summed E-state index contributed by atoms with van der Waals surface area (Å²) >= 11 is 0. The van der Waals surface area contributed by atoms with Crippen molar-refractivity contribution in [2.45, 2.75) is 51.0 Å². The van der Waals surface area contributed by atoms with Crippen LogP contribution in [0.1, 0.15) is 49.0 Å². The molecule has 188 valence electrons. The van der Waals surface area contributed by atoms with E-state index in [0.717, 1.165) is 28.9 Å². The quantitative estimate of drug-likeness (QED) is 0.345. The molecule has 0 amide bonds. The Bertz CT molecular complexity index is 1520. The third-order valence-corrected chi connectivity index (χ3v) is 7.57. The van der Waals surface area contributed by atoms with Gasteiger partial charge >= 0.3 is 0 Å². The van der Waals surface area contributed by atoms with E-state index in [1.807, 2.05) is 47.2 Å². The molecule has 0 atom stereocenters. The maximum Gasteiger partial charge on any atom is 0.175 e. The number of benzene rings is 3. The Morgan fingerprint density at radius 1 is 1.03 bits per heavy atom. The number of aromatic nitrogens is 2. The minimum absolute atomic E-state index is 0.0222. The van der Waals surface area contributed by atoms with Crippen LogP contribution < -0.4 is 0 Å². The molecule has 0 aliphatic rings. The molecule has 0 saturated heterocycles. The van der Waals surface area contributed by atoms with Gasteiger partial charge in [-0.3, -0.25) is 0 Å². The summed E-state index contributed by atoms with van der Waals surface area (Å²) in [5, 5.41) is 10.6. The first-order valence-electron chi connectivity index (χ1n) is 11.9. The predicted octanol–water partition coefficient (Wildman–Crippen LogP) is 5.77. The molecule has 0 unspecified atom stereocenters. The van der Waals surface area contributed by atoms with Gasteiger partial charge in [0.05, 0.1) is 10.6 Å². The highest BCUT2D eigenvalue weighted by molar-refractivity contribution is 7.90. The highest BCUT2D eigenvalue weighted by atomic mass is 32.2. The smallest absolute Gasteiger partial charge is 0.175 e. The number of hydrogen-bond acceptors (Lipinski definition) is 4. The van der Waals surface area contributed by atoms with Gasteiger partial charge in [-0.1, -0.05) is 43.3 Å². The summed E-state index contributed by atoms with van der Waals surface area (Å²) < 4.78 is 41.3. The van der Waals surface area contributed by atoms with Gasteiger partial charge in [0.15, 0.2) is 9.84 Å². The molecule has 0 spiro atoms. The molecule has 5 nitrogen and oxygen atoms in total. The maximum atomic E-state index is 14.8. The Hall–Kier alpha value is -3.29. The minimum atomic E-state index is -3.58. The van der Waals surface area contributed by atoms with Gasteiger partial charge in [-0.25, -0.2) is 17.8 Å². The fourth-order valence-corrected chi connectivity index (χ4v) is 5.34. The lowest BCUT2D eigenvalue weighted by atomic mass is 10.0. The Labute approximate surface area is 212 Å². The van der Waals surface area contributed by atoms with E-state index in [1.165, 1.54) is 6.07 Å². The molecule has 1 aromatic heterocycles. The molecule has 4 rings (SSSR count). The third-order valence-electron chi connectivity index (χ3n) is 6.40. The lowest BCUT2D eigenvalue weighted by molar-refractivity contribution is 0.0741. The minimum Gasteiger partial charge on any atom is -0.384 e. The number of rotatable bonds is 7. The molecular weight excluding hydrogens is 475 g/mol. The van der Waals surface area contributed by atoms with Gasteiger partial charge in [0.2, 0.25) is 0 Å². The van der Waals surface area contributed by atoms with Gasteiger partial charge in [0.1, 0.15) is 17.2 Å². The van der Waals surface area contributed by atoms with Crippen LogP contribution in [0.25, 0.3) is 16.8 Å². The van der Waals surface area contributed by atoms with Crippen molar-refractivity contribution in [3.05, 3.63) is 101 Å². The van der Waals surface area contributed by atoms with Gasteiger partial charge in [-0.05, 0) is 73.7 Å². The van der Waals surface area contributed by atoms with Crippen molar-refractivity contribution in [1.29, 1.82) is 0 Å². The van der Waals surface area contributed by atoms with E-state index in [4.69, 9.17) is 4.98 Å². The number of sulfone groups is 1. The molecule has 7 heteroatoms. The highest BCUT2D eigenvalue weighted by Crippen LogP contribution is 2.30. The summed E-state index contributed by atoms with van der Waals surface area (Å²) in [6.07, 6.45) is 3.82. The monoisotopic (exact) mass is 506 g/mol. The van der Waals surface area contributed by atoms with Crippen LogP contribution >= 0.6 is 0 Å². The van der Waals surface area contributed by atoms with E-state index in [-0.39, 0.29) is 10.5 Å². The summed E-state index contributed by atoms with van der Waals surface area (Å²) in [7, 11) is -3.58. The zero-order chi connectivity index (χ0) is 26.3. The summed E-state index contributed by atoms with van der Waals surface area (Å²) in [5.74, 6) is 0.260. The van der Waals surface area contributed by atoms with Crippen LogP contribution in [0.4, 0.5) is 4.39 Å². The van der Waals surface area contributed by atoms with E-state index in [1.54, 1.807) is 26.8 Å². The van der Waals surface area contributed by atoms with Gasteiger partial charge in [-0.2, -0.15) is 0 Å². The molecule has 1 heterocycles. The molecule has 1 N–H and O–H groups in total. The average Bonchev–Trinajstić information content (AvgIpc) is 3.24. The van der Waals surface area contributed by atoms with Crippen LogP contribution in [0.3, 0.4) is 0 Å². The van der Waals surface area contributed by atoms with Crippen molar-refractivity contribution in [2.75, 3.05) is 6.26 Å². The lowest BCUT2D eigenvalue weighted by Crippen LogP contribution is -2.15. The normalized spacial score (nSPS) is 12.2. The zero-order valence-corrected chi connectivity index (χ0v) is 22.0. The van der Waals surface area contributed by atoms with Crippen LogP contribution in [0, 0.1) is 12.7 Å². The van der Waals surface area contributed by atoms with Crippen LogP contribution in [0.5, 0.6) is 0 Å². The molecule has 0 aliphatic carbocycles. The second-order valence-electron chi connectivity index (χ2n) is 9.68. The Morgan fingerprint density at radius 2 is 1.69 bits per heavy atom. The van der Waals surface area contributed by atoms with Crippen molar-refractivity contribution >= 4 is 9.84 Å². The van der Waals surface area contributed by atoms with Crippen LogP contribution in [-0.4, -0.2) is 29.3 Å². The summed E-state index contributed by atoms with van der Waals surface area (Å²) in [5.41, 5.74) is 4.00. The highest BCUT2D eigenvalue weighted by Gasteiger charge is 2.23. The van der Waals surface area contributed by atoms with Crippen molar-refractivity contribution in [2.24, 2.45) is 0 Å². The number of imidazole rings is 1. The first-order chi connectivity index (χ1) is 16.9. The zero-order valence-electron chi connectivity index (χ0n) is 21.2. The first kappa shape index (κ1) is 25.8. The number of aliphatic hydroxyl groups is 1. The number of aryl methyl sites for hydroxylation is 1. The SMILES string of the molecule is CCc1c(F)cc(-c2ccc(-n3cc(C(C)(C)O)nc3Cc3ccccc3C)cc2)cc1S(C)(=O)=O. The van der Waals surface area contributed by atoms with E-state index in [0.29, 0.717) is 29.7 Å². The molecule has 4 aromatic rings. The fourth-order valence-electron chi connectivity index (χ4n) is 4.31. The van der Waals surface area contributed by atoms with E-state index in [9.17, 15) is 17.9 Å². The molecule has 0 aliphatic heterocycles. The van der Waals surface area contributed by atoms with Crippen molar-refractivity contribution in [1.82, 2.24) is 9.55 Å². The predicted molar refractivity (Wildman–Crippen MR) is 141 cm³/mol. The van der Waals surface area contributed by atoms with Crippen molar-refractivity contribution in [3.63, 3.8) is 0 Å². The van der Waals surface area contributed by atoms with Crippen LogP contribution in [0.2, 0.25) is 0 Å². The number of hydrogen-bond donors (Lipinski definition) is 1. The largest absolute Gasteiger partial charge is 0.384 e. The van der Waals surface area contributed by atoms with Gasteiger partial charge in [-0.15, -0.1) is 0 Å². The molecular formula is C29H31FN2O3S. The topological polar surface area (TPSA) is 72.2 Å². The van der Waals surface area contributed by atoms with E-state index >= 15 is 0 Å². The van der Waals surface area contributed by atoms with Gasteiger partial charge < -0.3 is 9.67 Å². The molecule has 0 saturated carbocycles. The third kappa shape index (κ3) is 5.27. The van der Waals surface area contributed by atoms with Crippen molar-refractivity contribution in [3.8, 4) is 16.8 Å². The second kappa shape index (κ2) is 9.64. The van der Waals surface area contributed by atoms with Crippen LogP contribution in [0.15, 0.2) is 71.8 Å². The molecule has 0 radical (unpaired) electrons. The Balaban J connectivity index is 1.77. The van der Waals surface area contributed by atoms with Crippen LogP contribution in [-0.2, 0) is 28.3 Å². The summed E-state index contributed by atoms with van der Waals surface area (Å²) in [4.78, 5) is 4.76. The molecule has 0 bridgehead atoms. The Morgan fingerprint density at radius 3 is 2.28 bits per heavy atom. The maximum absolute atomic E-state index is 14.8. The van der Waals surface area contributed by atoms with Crippen molar-refractivity contribution < 1.29 is 17.9 Å². The molecule has 3 aromatic carbocycles. The first-order valence-corrected chi connectivity index (χ1v) is 13.8. The lowest BCUT2D eigenvalue weighted by Gasteiger charge is -2.13. The van der Waals surface area contributed by atoms with E-state index < -0.39 is 21.3 Å². The van der Waals surface area contributed by atoms with Gasteiger partial charge in [0, 0.05) is 30.1 Å². The summed E-state index contributed by atoms with van der Waals surface area (Å²) in [6, 6.07) is 18.5. The standard InChI is InChI=1S/C29H31FN2O3S/c1-6-24-25(30)15-22(16-26(24)36(5,34)35)20-11-13-23(14-12-20)32-18-27(29(3,4)33)31-28(32)17-21-10-8-7-9-19(21)2/h7-16,18,33H,6,17H2,1-5H3. The average molecular weight is 507 g/mol. The summed E-state index contributed by atoms with van der Waals surface area (Å²) in [6.45, 7) is 7.20. The number of halogens is 1. The molecule has 0 fully saturated rings. The van der Waals surface area contributed by atoms with E-state index in [2.05, 4.69) is 19.1 Å². The Kier molecular flexibility index (Phi) is 6.90. The fraction of sp³-hybridized carbons (Fsp3) is 0.276. The molecule has 36 heavy (non-hydrogen) atoms. The van der Waals surface area contributed by atoms with Gasteiger partial charge in [0.25, 0.3) is 0 Å². The second-order valence-corrected chi connectivity index (χ2v) is 11.7.